The topological polar surface area (TPSA) is 73.4 Å². The summed E-state index contributed by atoms with van der Waals surface area (Å²) in [6.07, 6.45) is 3.60. The van der Waals surface area contributed by atoms with Crippen molar-refractivity contribution >= 4 is 35.3 Å². The molecule has 1 fully saturated rings. The summed E-state index contributed by atoms with van der Waals surface area (Å²) in [5.41, 5.74) is 1.62. The molecule has 1 saturated heterocycles. The van der Waals surface area contributed by atoms with Gasteiger partial charge < -0.3 is 15.5 Å². The first kappa shape index (κ1) is 28.9. The Hall–Kier alpha value is -2.29. The van der Waals surface area contributed by atoms with E-state index in [1.165, 1.54) is 0 Å². The van der Waals surface area contributed by atoms with Crippen LogP contribution >= 0.6 is 23.2 Å². The van der Waals surface area contributed by atoms with E-state index in [1.807, 2.05) is 31.4 Å². The number of piperazine rings is 1. The average molecular weight is 520 g/mol. The lowest BCUT2D eigenvalue weighted by molar-refractivity contribution is 0.112. The summed E-state index contributed by atoms with van der Waals surface area (Å²) in [7, 11) is 4.15. The lowest BCUT2D eigenvalue weighted by Gasteiger charge is -2.31. The largest absolute Gasteiger partial charge is 0.370 e. The summed E-state index contributed by atoms with van der Waals surface area (Å²) in [4.78, 5) is 24.4. The number of aromatic nitrogens is 2. The van der Waals surface area contributed by atoms with Crippen LogP contribution in [-0.4, -0.2) is 79.4 Å². The van der Waals surface area contributed by atoms with Crippen LogP contribution in [0.15, 0.2) is 48.7 Å². The Balaban J connectivity index is 0.000000360. The number of carbonyl (C=O) groups excluding carboxylic acids is 1. The summed E-state index contributed by atoms with van der Waals surface area (Å²) in [6, 6.07) is 12.8. The van der Waals surface area contributed by atoms with E-state index >= 15 is 0 Å². The molecule has 3 rings (SSSR count). The van der Waals surface area contributed by atoms with Gasteiger partial charge in [-0.05, 0) is 63.8 Å². The van der Waals surface area contributed by atoms with Crippen LogP contribution in [0.25, 0.3) is 0 Å². The number of aldehydes is 1. The molecule has 0 radical (unpaired) electrons. The van der Waals surface area contributed by atoms with E-state index in [9.17, 15) is 4.79 Å². The van der Waals surface area contributed by atoms with Crippen molar-refractivity contribution in [1.29, 1.82) is 0 Å². The molecule has 0 saturated carbocycles. The second kappa shape index (κ2) is 16.4. The molecule has 2 N–H and O–H groups in total. The van der Waals surface area contributed by atoms with Crippen molar-refractivity contribution in [2.75, 3.05) is 58.7 Å². The Morgan fingerprint density at radius 1 is 1.03 bits per heavy atom. The molecular formula is C26H36Cl2N6O. The highest BCUT2D eigenvalue weighted by Crippen LogP contribution is 2.17. The number of likely N-dealkylation sites (N-methyl/N-ethyl adjacent to an activating group) is 1. The van der Waals surface area contributed by atoms with Crippen molar-refractivity contribution in [3.8, 4) is 0 Å². The first-order valence-corrected chi connectivity index (χ1v) is 12.5. The second-order valence-corrected chi connectivity index (χ2v) is 9.24. The van der Waals surface area contributed by atoms with Gasteiger partial charge in [0.15, 0.2) is 0 Å². The molecule has 1 aliphatic heterocycles. The van der Waals surface area contributed by atoms with Crippen LogP contribution in [-0.2, 0) is 6.54 Å². The highest BCUT2D eigenvalue weighted by molar-refractivity contribution is 6.35. The number of hydrogen-bond donors (Lipinski definition) is 2. The number of halogens is 2. The number of benzene rings is 1. The maximum atomic E-state index is 10.2. The lowest BCUT2D eigenvalue weighted by atomic mass is 10.2. The van der Waals surface area contributed by atoms with Crippen molar-refractivity contribution in [1.82, 2.24) is 25.1 Å². The number of aryl methyl sites for hydroxylation is 1. The normalized spacial score (nSPS) is 13.9. The van der Waals surface area contributed by atoms with Gasteiger partial charge in [-0.2, -0.15) is 0 Å². The van der Waals surface area contributed by atoms with Gasteiger partial charge in [0.2, 0.25) is 0 Å². The maximum Gasteiger partial charge on any atom is 0.150 e. The Labute approximate surface area is 219 Å². The summed E-state index contributed by atoms with van der Waals surface area (Å²) in [5, 5.41) is 7.61. The van der Waals surface area contributed by atoms with Gasteiger partial charge in [-0.3, -0.25) is 9.69 Å². The highest BCUT2D eigenvalue weighted by Gasteiger charge is 2.14. The van der Waals surface area contributed by atoms with Crippen LogP contribution in [0.2, 0.25) is 10.0 Å². The molecule has 35 heavy (non-hydrogen) atoms. The number of nitrogens with one attached hydrogen (secondary N) is 2. The van der Waals surface area contributed by atoms with Crippen LogP contribution in [0.4, 0.5) is 5.82 Å². The van der Waals surface area contributed by atoms with Crippen molar-refractivity contribution in [2.24, 2.45) is 0 Å². The molecule has 0 spiro atoms. The van der Waals surface area contributed by atoms with Crippen molar-refractivity contribution in [3.05, 3.63) is 75.7 Å². The Bertz CT molecular complexity index is 961. The minimum atomic E-state index is 0.481. The van der Waals surface area contributed by atoms with Crippen LogP contribution in [0.1, 0.15) is 28.2 Å². The van der Waals surface area contributed by atoms with Gasteiger partial charge in [-0.1, -0.05) is 41.4 Å². The highest BCUT2D eigenvalue weighted by atomic mass is 35.5. The number of rotatable bonds is 8. The fraction of sp³-hybridized carbons (Fsp3) is 0.423. The molecule has 7 nitrogen and oxygen atoms in total. The van der Waals surface area contributed by atoms with Gasteiger partial charge >= 0.3 is 0 Å². The molecule has 190 valence electrons. The first-order chi connectivity index (χ1) is 16.9. The van der Waals surface area contributed by atoms with Crippen LogP contribution in [0.3, 0.4) is 0 Å². The fourth-order valence-corrected chi connectivity index (χ4v) is 3.89. The van der Waals surface area contributed by atoms with Crippen LogP contribution in [0.5, 0.6) is 0 Å². The zero-order chi connectivity index (χ0) is 25.5. The summed E-state index contributed by atoms with van der Waals surface area (Å²) < 4.78 is 0. The van der Waals surface area contributed by atoms with E-state index in [1.54, 1.807) is 18.2 Å². The quantitative estimate of drug-likeness (QED) is 0.394. The van der Waals surface area contributed by atoms with Crippen LogP contribution < -0.4 is 10.6 Å². The third kappa shape index (κ3) is 11.8. The van der Waals surface area contributed by atoms with Crippen molar-refractivity contribution < 1.29 is 4.79 Å². The molecule has 0 amide bonds. The fourth-order valence-electron chi connectivity index (χ4n) is 3.34. The van der Waals surface area contributed by atoms with E-state index in [4.69, 9.17) is 28.2 Å². The summed E-state index contributed by atoms with van der Waals surface area (Å²) in [5.74, 6) is 1.78. The van der Waals surface area contributed by atoms with Gasteiger partial charge in [-0.25, -0.2) is 9.97 Å². The zero-order valence-electron chi connectivity index (χ0n) is 20.8. The molecule has 1 aromatic carbocycles. The molecule has 2 heterocycles. The smallest absolute Gasteiger partial charge is 0.150 e. The van der Waals surface area contributed by atoms with E-state index in [-0.39, 0.29) is 0 Å². The minimum absolute atomic E-state index is 0.481. The molecule has 9 heteroatoms. The van der Waals surface area contributed by atoms with E-state index in [0.717, 1.165) is 69.4 Å². The average Bonchev–Trinajstić information content (AvgIpc) is 2.83. The minimum Gasteiger partial charge on any atom is -0.370 e. The molecule has 2 aromatic rings. The Kier molecular flexibility index (Phi) is 13.6. The van der Waals surface area contributed by atoms with Crippen molar-refractivity contribution in [3.63, 3.8) is 0 Å². The van der Waals surface area contributed by atoms with Gasteiger partial charge in [0.25, 0.3) is 0 Å². The van der Waals surface area contributed by atoms with E-state index in [2.05, 4.69) is 45.5 Å². The summed E-state index contributed by atoms with van der Waals surface area (Å²) in [6.45, 7) is 9.10. The molecule has 0 unspecified atom stereocenters. The molecule has 0 aliphatic carbocycles. The molecule has 1 aliphatic rings. The number of hydrogen-bond acceptors (Lipinski definition) is 7. The monoisotopic (exact) mass is 518 g/mol. The predicted octanol–water partition coefficient (Wildman–Crippen LogP) is 4.48. The molecule has 0 bridgehead atoms. The molecular weight excluding hydrogens is 483 g/mol. The predicted molar refractivity (Wildman–Crippen MR) is 146 cm³/mol. The van der Waals surface area contributed by atoms with Gasteiger partial charge in [0.1, 0.15) is 17.9 Å². The van der Waals surface area contributed by atoms with Gasteiger partial charge in [-0.15, -0.1) is 0 Å². The van der Waals surface area contributed by atoms with Crippen molar-refractivity contribution in [2.45, 2.75) is 19.9 Å². The number of anilines is 1. The van der Waals surface area contributed by atoms with E-state index in [0.29, 0.717) is 21.9 Å². The Morgan fingerprint density at radius 3 is 2.40 bits per heavy atom. The van der Waals surface area contributed by atoms with Gasteiger partial charge in [0.05, 0.1) is 6.54 Å². The van der Waals surface area contributed by atoms with E-state index < -0.39 is 0 Å². The third-order valence-corrected chi connectivity index (χ3v) is 5.81. The first-order valence-electron chi connectivity index (χ1n) is 11.8. The Morgan fingerprint density at radius 2 is 1.74 bits per heavy atom. The lowest BCUT2D eigenvalue weighted by Crippen LogP contribution is -2.44. The SMILES string of the molecule is CNCCCNc1nc(CN2CCN(C)CC2)ncccccc1C.O=Cc1cc(Cl)cc(Cl)c1. The molecule has 0 atom stereocenters. The van der Waals surface area contributed by atoms with Crippen LogP contribution in [0, 0.1) is 6.92 Å². The standard InChI is InChI=1S/C19H32N6.C7H4Cl2O/c1-17-8-5-4-6-10-21-18(16-25-14-12-24(3)13-15-25)23-19(17)22-11-7-9-20-2;8-6-1-5(4-10)2-7(9)3-6/h4-6,8,10,20H,7,9,11-16H2,1-3H3,(H,21,22,23);1-4H. The summed E-state index contributed by atoms with van der Waals surface area (Å²) >= 11 is 11.2. The number of nitrogens with zero attached hydrogens (tertiary/aromatic N) is 4. The number of carbonyl (C=O) groups is 1. The third-order valence-electron chi connectivity index (χ3n) is 5.37. The van der Waals surface area contributed by atoms with Gasteiger partial charge in [0, 0.05) is 54.5 Å². The molecule has 1 aromatic heterocycles. The second-order valence-electron chi connectivity index (χ2n) is 8.37. The maximum absolute atomic E-state index is 10.2. The zero-order valence-corrected chi connectivity index (χ0v) is 22.3.